The van der Waals surface area contributed by atoms with E-state index in [0.29, 0.717) is 22.2 Å². The minimum atomic E-state index is -4.14. The van der Waals surface area contributed by atoms with Gasteiger partial charge in [0.15, 0.2) is 5.82 Å². The molecule has 0 fully saturated rings. The summed E-state index contributed by atoms with van der Waals surface area (Å²) in [6.45, 7) is 0.694. The number of hydrogen-bond acceptors (Lipinski definition) is 9. The van der Waals surface area contributed by atoms with E-state index >= 15 is 0 Å². The molecule has 2 aromatic heterocycles. The Balaban J connectivity index is 2.05. The molecule has 2 heterocycles. The molecule has 184 valence electrons. The maximum atomic E-state index is 13.3. The first kappa shape index (κ1) is 25.6. The largest absolute Gasteiger partial charge is 0.494 e. The van der Waals surface area contributed by atoms with Gasteiger partial charge in [-0.2, -0.15) is 0 Å². The zero-order valence-corrected chi connectivity index (χ0v) is 20.5. The lowest BCUT2D eigenvalue weighted by Crippen LogP contribution is -2.33. The number of sulfonamides is 1. The number of nitrogens with one attached hydrogen (secondary N) is 1. The Morgan fingerprint density at radius 2 is 1.74 bits per heavy atom. The number of methoxy groups -OCH3 is 3. The van der Waals surface area contributed by atoms with Crippen LogP contribution in [0.25, 0.3) is 5.69 Å². The van der Waals surface area contributed by atoms with Crippen LogP contribution in [0.3, 0.4) is 0 Å². The minimum absolute atomic E-state index is 0.120. The van der Waals surface area contributed by atoms with Gasteiger partial charge in [-0.15, -0.1) is 10.2 Å². The van der Waals surface area contributed by atoms with Crippen molar-refractivity contribution in [3.05, 3.63) is 47.3 Å². The second kappa shape index (κ2) is 10.9. The van der Waals surface area contributed by atoms with Crippen LogP contribution in [0.1, 0.15) is 24.7 Å². The van der Waals surface area contributed by atoms with Gasteiger partial charge in [0.05, 0.1) is 25.9 Å². The fraction of sp³-hybridized carbons (Fsp3) is 0.400. The topological polar surface area (TPSA) is 130 Å². The Morgan fingerprint density at radius 3 is 2.26 bits per heavy atom. The van der Waals surface area contributed by atoms with Crippen molar-refractivity contribution in [1.29, 1.82) is 0 Å². The minimum Gasteiger partial charge on any atom is -0.494 e. The van der Waals surface area contributed by atoms with Gasteiger partial charge in [0.25, 0.3) is 0 Å². The van der Waals surface area contributed by atoms with Crippen molar-refractivity contribution in [3.63, 3.8) is 0 Å². The third-order valence-electron chi connectivity index (χ3n) is 4.97. The van der Waals surface area contributed by atoms with Crippen molar-refractivity contribution >= 4 is 27.6 Å². The van der Waals surface area contributed by atoms with Gasteiger partial charge in [-0.25, -0.2) is 18.4 Å². The Bertz CT molecular complexity index is 1200. The number of benzene rings is 1. The molecule has 3 aromatic rings. The maximum Gasteiger partial charge on any atom is 0.243 e. The fourth-order valence-corrected chi connectivity index (χ4v) is 4.50. The van der Waals surface area contributed by atoms with Crippen LogP contribution in [-0.4, -0.2) is 66.4 Å². The molecule has 11 nitrogen and oxygen atoms in total. The molecule has 1 N–H and O–H groups in total. The average molecular weight is 515 g/mol. The van der Waals surface area contributed by atoms with Gasteiger partial charge >= 0.3 is 0 Å². The molecule has 0 aliphatic carbocycles. The summed E-state index contributed by atoms with van der Waals surface area (Å²) >= 11 is 5.83. The summed E-state index contributed by atoms with van der Waals surface area (Å²) in [6.07, 6.45) is 1.55. The molecule has 0 saturated carbocycles. The number of nitrogens with zero attached hydrogens (tertiary/aromatic N) is 5. The Hall–Kier alpha value is -3.03. The molecule has 0 radical (unpaired) electrons. The van der Waals surface area contributed by atoms with E-state index in [2.05, 4.69) is 24.9 Å². The highest BCUT2D eigenvalue weighted by Crippen LogP contribution is 2.36. The fourth-order valence-electron chi connectivity index (χ4n) is 3.28. The maximum absolute atomic E-state index is 13.3. The van der Waals surface area contributed by atoms with Crippen molar-refractivity contribution < 1.29 is 27.0 Å². The summed E-state index contributed by atoms with van der Waals surface area (Å²) in [5.41, 5.74) is 0.315. The lowest BCUT2D eigenvalue weighted by Gasteiger charge is -2.22. The number of ether oxygens (including phenoxy) is 3. The molecule has 1 aromatic carbocycles. The van der Waals surface area contributed by atoms with Gasteiger partial charge in [0.2, 0.25) is 16.0 Å². The van der Waals surface area contributed by atoms with Crippen molar-refractivity contribution in [2.75, 3.05) is 32.7 Å². The number of aryl methyl sites for hydroxylation is 1. The van der Waals surface area contributed by atoms with Crippen LogP contribution in [0.4, 0.5) is 10.3 Å². The third kappa shape index (κ3) is 5.21. The van der Waals surface area contributed by atoms with E-state index < -0.39 is 28.1 Å². The van der Waals surface area contributed by atoms with Crippen LogP contribution >= 0.6 is 11.6 Å². The molecular weight excluding hydrogens is 491 g/mol. The van der Waals surface area contributed by atoms with E-state index in [0.717, 1.165) is 0 Å². The van der Waals surface area contributed by atoms with Crippen LogP contribution in [0, 0.1) is 0 Å². The first-order chi connectivity index (χ1) is 16.3. The van der Waals surface area contributed by atoms with Crippen molar-refractivity contribution in [2.24, 2.45) is 0 Å². The lowest BCUT2D eigenvalue weighted by molar-refractivity contribution is 0.0950. The Kier molecular flexibility index (Phi) is 8.23. The second-order valence-electron chi connectivity index (χ2n) is 6.99. The van der Waals surface area contributed by atoms with Crippen LogP contribution in [0.2, 0.25) is 5.02 Å². The predicted octanol–water partition coefficient (Wildman–Crippen LogP) is 2.76. The normalized spacial score (nSPS) is 13.4. The average Bonchev–Trinajstić information content (AvgIpc) is 3.21. The van der Waals surface area contributed by atoms with Crippen LogP contribution < -0.4 is 14.2 Å². The highest BCUT2D eigenvalue weighted by Gasteiger charge is 2.34. The zero-order valence-electron chi connectivity index (χ0n) is 18.9. The number of halogens is 2. The number of alkyl halides is 1. The van der Waals surface area contributed by atoms with Crippen molar-refractivity contribution in [3.8, 4) is 17.2 Å². The van der Waals surface area contributed by atoms with Gasteiger partial charge in [0, 0.05) is 25.9 Å². The molecule has 2 atom stereocenters. The van der Waals surface area contributed by atoms with Gasteiger partial charge in [-0.05, 0) is 19.1 Å². The molecule has 0 spiro atoms. The smallest absolute Gasteiger partial charge is 0.243 e. The van der Waals surface area contributed by atoms with Crippen molar-refractivity contribution in [1.82, 2.24) is 24.7 Å². The first-order valence-electron chi connectivity index (χ1n) is 10.0. The summed E-state index contributed by atoms with van der Waals surface area (Å²) < 4.78 is 59.9. The number of para-hydroxylation sites is 1. The van der Waals surface area contributed by atoms with Crippen molar-refractivity contribution in [2.45, 2.75) is 24.7 Å². The predicted molar refractivity (Wildman–Crippen MR) is 123 cm³/mol. The number of rotatable bonds is 11. The standard InChI is InChI=1S/C20H24ClFN6O5S/c1-12(18(33-4)19-23-10-13(21)11-24-19)34(29,30)27-20-26-25-16(8-9-22)28(20)17-14(31-2)6-5-7-15(17)32-3/h5-7,10-12,18H,8-9H2,1-4H3,(H,26,27). The molecular formula is C20H24ClFN6O5S. The Morgan fingerprint density at radius 1 is 1.12 bits per heavy atom. The van der Waals surface area contributed by atoms with E-state index in [-0.39, 0.29) is 24.0 Å². The molecule has 0 aliphatic heterocycles. The summed E-state index contributed by atoms with van der Waals surface area (Å²) in [4.78, 5) is 8.12. The summed E-state index contributed by atoms with van der Waals surface area (Å²) in [5, 5.41) is 7.07. The molecule has 0 aliphatic rings. The van der Waals surface area contributed by atoms with Crippen LogP contribution in [-0.2, 0) is 21.2 Å². The van der Waals surface area contributed by atoms with Gasteiger partial charge < -0.3 is 14.2 Å². The van der Waals surface area contributed by atoms with E-state index in [9.17, 15) is 12.8 Å². The monoisotopic (exact) mass is 514 g/mol. The van der Waals surface area contributed by atoms with Crippen LogP contribution in [0.5, 0.6) is 11.5 Å². The van der Waals surface area contributed by atoms with E-state index in [1.165, 1.54) is 45.2 Å². The molecule has 2 unspecified atom stereocenters. The van der Waals surface area contributed by atoms with E-state index in [4.69, 9.17) is 25.8 Å². The highest BCUT2D eigenvalue weighted by molar-refractivity contribution is 7.93. The van der Waals surface area contributed by atoms with E-state index in [1.54, 1.807) is 18.2 Å². The zero-order chi connectivity index (χ0) is 24.9. The second-order valence-corrected chi connectivity index (χ2v) is 9.47. The van der Waals surface area contributed by atoms with Gasteiger partial charge in [-0.1, -0.05) is 17.7 Å². The number of hydrogen-bond donors (Lipinski definition) is 1. The number of anilines is 1. The molecule has 3 rings (SSSR count). The highest BCUT2D eigenvalue weighted by atomic mass is 35.5. The summed E-state index contributed by atoms with van der Waals surface area (Å²) in [7, 11) is 0.0888. The molecule has 14 heteroatoms. The van der Waals surface area contributed by atoms with E-state index in [1.807, 2.05) is 0 Å². The summed E-state index contributed by atoms with van der Waals surface area (Å²) in [5.74, 6) is 0.815. The molecule has 34 heavy (non-hydrogen) atoms. The molecule has 0 bridgehead atoms. The third-order valence-corrected chi connectivity index (χ3v) is 6.86. The molecule has 0 amide bonds. The first-order valence-corrected chi connectivity index (χ1v) is 11.9. The number of aromatic nitrogens is 5. The van der Waals surface area contributed by atoms with Gasteiger partial charge in [-0.3, -0.25) is 13.7 Å². The quantitative estimate of drug-likeness (QED) is 0.410. The SMILES string of the molecule is COc1cccc(OC)c1-n1c(CCF)nnc1NS(=O)(=O)C(C)C(OC)c1ncc(Cl)cn1. The van der Waals surface area contributed by atoms with Crippen LogP contribution in [0.15, 0.2) is 30.6 Å². The lowest BCUT2D eigenvalue weighted by atomic mass is 10.2. The molecule has 0 saturated heterocycles. The Labute approximate surface area is 201 Å². The van der Waals surface area contributed by atoms with Gasteiger partial charge in [0.1, 0.15) is 34.4 Å². The summed E-state index contributed by atoms with van der Waals surface area (Å²) in [6, 6.07) is 5.00.